The first-order valence-corrected chi connectivity index (χ1v) is 9.07. The SMILES string of the molecule is O=S(=O)(c1ccc(CCN2CCNCC2)cc1F)C1CC1. The normalized spacial score (nSPS) is 20.6. The van der Waals surface area contributed by atoms with Gasteiger partial charge in [-0.1, -0.05) is 6.07 Å². The highest BCUT2D eigenvalue weighted by Gasteiger charge is 2.38. The lowest BCUT2D eigenvalue weighted by molar-refractivity contribution is 0.244. The standard InChI is InChI=1S/C15H21FN2O2S/c16-14-11-12(5-8-18-9-6-17-7-10-18)1-4-15(14)21(19,20)13-2-3-13/h1,4,11,13,17H,2-3,5-10H2. The highest BCUT2D eigenvalue weighted by molar-refractivity contribution is 7.92. The van der Waals surface area contributed by atoms with E-state index in [-0.39, 0.29) is 10.1 Å². The number of hydrogen-bond acceptors (Lipinski definition) is 4. The minimum Gasteiger partial charge on any atom is -0.314 e. The van der Waals surface area contributed by atoms with E-state index >= 15 is 0 Å². The van der Waals surface area contributed by atoms with E-state index < -0.39 is 15.7 Å². The van der Waals surface area contributed by atoms with Gasteiger partial charge >= 0.3 is 0 Å². The number of halogens is 1. The van der Waals surface area contributed by atoms with E-state index in [1.165, 1.54) is 12.1 Å². The molecule has 1 N–H and O–H groups in total. The van der Waals surface area contributed by atoms with Crippen molar-refractivity contribution in [1.29, 1.82) is 0 Å². The van der Waals surface area contributed by atoms with Crippen LogP contribution in [0.3, 0.4) is 0 Å². The Labute approximate surface area is 125 Å². The molecule has 0 atom stereocenters. The van der Waals surface area contributed by atoms with Gasteiger partial charge in [0.15, 0.2) is 9.84 Å². The molecule has 1 aromatic carbocycles. The molecule has 6 heteroatoms. The lowest BCUT2D eigenvalue weighted by atomic mass is 10.1. The van der Waals surface area contributed by atoms with E-state index in [1.807, 2.05) is 0 Å². The first kappa shape index (κ1) is 14.9. The molecular weight excluding hydrogens is 291 g/mol. The van der Waals surface area contributed by atoms with E-state index in [9.17, 15) is 12.8 Å². The van der Waals surface area contributed by atoms with Crippen LogP contribution in [-0.4, -0.2) is 51.3 Å². The van der Waals surface area contributed by atoms with Crippen molar-refractivity contribution in [3.63, 3.8) is 0 Å². The van der Waals surface area contributed by atoms with Gasteiger partial charge < -0.3 is 10.2 Å². The molecule has 1 saturated carbocycles. The molecule has 0 aromatic heterocycles. The molecule has 2 fully saturated rings. The first-order valence-electron chi connectivity index (χ1n) is 7.53. The van der Waals surface area contributed by atoms with Crippen LogP contribution in [-0.2, 0) is 16.3 Å². The van der Waals surface area contributed by atoms with Gasteiger partial charge in [-0.3, -0.25) is 0 Å². The van der Waals surface area contributed by atoms with Crippen molar-refractivity contribution >= 4 is 9.84 Å². The summed E-state index contributed by atoms with van der Waals surface area (Å²) in [6.45, 7) is 4.89. The number of nitrogens with one attached hydrogen (secondary N) is 1. The van der Waals surface area contributed by atoms with Gasteiger partial charge in [0.2, 0.25) is 0 Å². The minimum atomic E-state index is -3.44. The van der Waals surface area contributed by atoms with Crippen molar-refractivity contribution in [2.45, 2.75) is 29.4 Å². The summed E-state index contributed by atoms with van der Waals surface area (Å²) in [4.78, 5) is 2.21. The van der Waals surface area contributed by atoms with Crippen LogP contribution in [0.15, 0.2) is 23.1 Å². The summed E-state index contributed by atoms with van der Waals surface area (Å²) >= 11 is 0. The molecule has 1 saturated heterocycles. The third kappa shape index (κ3) is 3.44. The molecule has 1 aromatic rings. The van der Waals surface area contributed by atoms with E-state index in [4.69, 9.17) is 0 Å². The zero-order valence-corrected chi connectivity index (χ0v) is 12.8. The molecule has 4 nitrogen and oxygen atoms in total. The van der Waals surface area contributed by atoms with E-state index in [2.05, 4.69) is 10.2 Å². The Morgan fingerprint density at radius 2 is 1.95 bits per heavy atom. The average Bonchev–Trinajstić information content (AvgIpc) is 3.31. The van der Waals surface area contributed by atoms with Crippen molar-refractivity contribution in [3.8, 4) is 0 Å². The van der Waals surface area contributed by atoms with Gasteiger partial charge in [-0.2, -0.15) is 0 Å². The summed E-state index contributed by atoms with van der Waals surface area (Å²) < 4.78 is 38.2. The van der Waals surface area contributed by atoms with Crippen LogP contribution in [0.25, 0.3) is 0 Å². The fraction of sp³-hybridized carbons (Fsp3) is 0.600. The number of benzene rings is 1. The quantitative estimate of drug-likeness (QED) is 0.888. The predicted molar refractivity (Wildman–Crippen MR) is 79.6 cm³/mol. The van der Waals surface area contributed by atoms with Crippen LogP contribution in [0.1, 0.15) is 18.4 Å². The van der Waals surface area contributed by atoms with Gasteiger partial charge in [0.1, 0.15) is 10.7 Å². The van der Waals surface area contributed by atoms with Crippen LogP contribution in [0, 0.1) is 5.82 Å². The fourth-order valence-corrected chi connectivity index (χ4v) is 4.41. The Morgan fingerprint density at radius 3 is 2.57 bits per heavy atom. The Hall–Kier alpha value is -0.980. The third-order valence-electron chi connectivity index (χ3n) is 4.19. The second-order valence-electron chi connectivity index (χ2n) is 5.85. The first-order chi connectivity index (χ1) is 10.1. The Kier molecular flexibility index (Phi) is 4.28. The van der Waals surface area contributed by atoms with Crippen molar-refractivity contribution in [2.24, 2.45) is 0 Å². The van der Waals surface area contributed by atoms with Crippen LogP contribution in [0.4, 0.5) is 4.39 Å². The average molecular weight is 312 g/mol. The molecule has 3 rings (SSSR count). The predicted octanol–water partition coefficient (Wildman–Crippen LogP) is 1.21. The molecule has 2 aliphatic rings. The molecule has 0 radical (unpaired) electrons. The van der Waals surface area contributed by atoms with Crippen LogP contribution in [0.2, 0.25) is 0 Å². The summed E-state index contributed by atoms with van der Waals surface area (Å²) in [5.74, 6) is -0.597. The number of rotatable bonds is 5. The van der Waals surface area contributed by atoms with Crippen molar-refractivity contribution in [3.05, 3.63) is 29.6 Å². The van der Waals surface area contributed by atoms with Gasteiger partial charge in [-0.05, 0) is 37.0 Å². The smallest absolute Gasteiger partial charge is 0.184 e. The van der Waals surface area contributed by atoms with Gasteiger partial charge in [0.05, 0.1) is 5.25 Å². The maximum atomic E-state index is 14.1. The van der Waals surface area contributed by atoms with E-state index in [0.717, 1.165) is 44.7 Å². The monoisotopic (exact) mass is 312 g/mol. The maximum absolute atomic E-state index is 14.1. The topological polar surface area (TPSA) is 49.4 Å². The summed E-state index contributed by atoms with van der Waals surface area (Å²) in [7, 11) is -3.44. The molecule has 1 aliphatic heterocycles. The zero-order chi connectivity index (χ0) is 14.9. The largest absolute Gasteiger partial charge is 0.314 e. The van der Waals surface area contributed by atoms with Crippen LogP contribution >= 0.6 is 0 Å². The van der Waals surface area contributed by atoms with Gasteiger partial charge in [0, 0.05) is 32.7 Å². The highest BCUT2D eigenvalue weighted by atomic mass is 32.2. The number of sulfone groups is 1. The Balaban J connectivity index is 1.66. The summed E-state index contributed by atoms with van der Waals surface area (Å²) in [6.07, 6.45) is 2.07. The van der Waals surface area contributed by atoms with Gasteiger partial charge in [-0.25, -0.2) is 12.8 Å². The Morgan fingerprint density at radius 1 is 1.24 bits per heavy atom. The van der Waals surface area contributed by atoms with Crippen LogP contribution in [0.5, 0.6) is 0 Å². The number of nitrogens with zero attached hydrogens (tertiary/aromatic N) is 1. The molecule has 0 unspecified atom stereocenters. The second kappa shape index (κ2) is 6.02. The molecule has 0 spiro atoms. The highest BCUT2D eigenvalue weighted by Crippen LogP contribution is 2.34. The van der Waals surface area contributed by atoms with Gasteiger partial charge in [0.25, 0.3) is 0 Å². The lowest BCUT2D eigenvalue weighted by Crippen LogP contribution is -2.44. The number of piperazine rings is 1. The molecule has 1 aliphatic carbocycles. The van der Waals surface area contributed by atoms with Crippen molar-refractivity contribution < 1.29 is 12.8 Å². The maximum Gasteiger partial charge on any atom is 0.184 e. The second-order valence-corrected chi connectivity index (χ2v) is 8.05. The van der Waals surface area contributed by atoms with E-state index in [0.29, 0.717) is 12.8 Å². The van der Waals surface area contributed by atoms with Crippen molar-refractivity contribution in [1.82, 2.24) is 10.2 Å². The molecule has 21 heavy (non-hydrogen) atoms. The summed E-state index contributed by atoms with van der Waals surface area (Å²) in [5.41, 5.74) is 0.862. The van der Waals surface area contributed by atoms with Crippen LogP contribution < -0.4 is 5.32 Å². The van der Waals surface area contributed by atoms with Crippen molar-refractivity contribution in [2.75, 3.05) is 32.7 Å². The number of hydrogen-bond donors (Lipinski definition) is 1. The van der Waals surface area contributed by atoms with Gasteiger partial charge in [-0.15, -0.1) is 0 Å². The molecule has 0 amide bonds. The molecule has 116 valence electrons. The summed E-state index contributed by atoms with van der Waals surface area (Å²) in [6, 6.07) is 4.58. The zero-order valence-electron chi connectivity index (χ0n) is 12.0. The Bertz CT molecular complexity index is 608. The molecule has 0 bridgehead atoms. The third-order valence-corrected chi connectivity index (χ3v) is 6.49. The molecule has 1 heterocycles. The molecular formula is C15H21FN2O2S. The minimum absolute atomic E-state index is 0.129. The fourth-order valence-electron chi connectivity index (χ4n) is 2.71. The van der Waals surface area contributed by atoms with E-state index in [1.54, 1.807) is 6.07 Å². The lowest BCUT2D eigenvalue weighted by Gasteiger charge is -2.27. The summed E-state index contributed by atoms with van der Waals surface area (Å²) in [5, 5.41) is 2.93.